The van der Waals surface area contributed by atoms with Crippen LogP contribution >= 0.6 is 0 Å². The first kappa shape index (κ1) is 15.9. The van der Waals surface area contributed by atoms with Crippen LogP contribution in [0.1, 0.15) is 24.0 Å². The molecule has 0 radical (unpaired) electrons. The molecular weight excluding hydrogens is 302 g/mol. The lowest BCUT2D eigenvalue weighted by Crippen LogP contribution is -2.36. The largest absolute Gasteiger partial charge is 0.496 e. The Morgan fingerprint density at radius 1 is 1.25 bits per heavy atom. The number of urea groups is 1. The van der Waals surface area contributed by atoms with Gasteiger partial charge in [-0.1, -0.05) is 18.2 Å². The predicted molar refractivity (Wildman–Crippen MR) is 91.7 cm³/mol. The molecule has 0 saturated heterocycles. The van der Waals surface area contributed by atoms with Crippen molar-refractivity contribution in [1.82, 2.24) is 4.90 Å². The van der Waals surface area contributed by atoms with Gasteiger partial charge in [-0.3, -0.25) is 0 Å². The average molecular weight is 321 g/mol. The second-order valence-corrected chi connectivity index (χ2v) is 5.79. The average Bonchev–Trinajstić information content (AvgIpc) is 3.45. The van der Waals surface area contributed by atoms with Crippen molar-refractivity contribution in [2.24, 2.45) is 0 Å². The summed E-state index contributed by atoms with van der Waals surface area (Å²) in [5, 5.41) is 11.7. The van der Waals surface area contributed by atoms with Gasteiger partial charge >= 0.3 is 6.03 Å². The first-order valence-electron chi connectivity index (χ1n) is 7.91. The Morgan fingerprint density at radius 3 is 2.58 bits per heavy atom. The van der Waals surface area contributed by atoms with E-state index < -0.39 is 0 Å². The molecule has 1 saturated carbocycles. The predicted octanol–water partition coefficient (Wildman–Crippen LogP) is 3.76. The van der Waals surface area contributed by atoms with Gasteiger partial charge in [0.1, 0.15) is 5.75 Å². The van der Waals surface area contributed by atoms with Crippen LogP contribution in [0.3, 0.4) is 0 Å². The van der Waals surface area contributed by atoms with E-state index >= 15 is 0 Å². The SMILES string of the molecule is COc1ccccc1CN(C(=O)Nc1ccc(C#N)cc1)C1CC1. The molecule has 2 aromatic carbocycles. The molecule has 5 heteroatoms. The minimum atomic E-state index is -0.131. The number of rotatable bonds is 5. The lowest BCUT2D eigenvalue weighted by molar-refractivity contribution is 0.205. The van der Waals surface area contributed by atoms with E-state index in [0.29, 0.717) is 17.8 Å². The molecule has 2 amide bonds. The van der Waals surface area contributed by atoms with Gasteiger partial charge in [0.2, 0.25) is 0 Å². The van der Waals surface area contributed by atoms with Crippen molar-refractivity contribution < 1.29 is 9.53 Å². The fourth-order valence-electron chi connectivity index (χ4n) is 2.59. The van der Waals surface area contributed by atoms with Crippen LogP contribution in [0.5, 0.6) is 5.75 Å². The molecule has 0 spiro atoms. The van der Waals surface area contributed by atoms with Crippen LogP contribution in [0.2, 0.25) is 0 Å². The maximum Gasteiger partial charge on any atom is 0.322 e. The topological polar surface area (TPSA) is 65.4 Å². The number of amides is 2. The summed E-state index contributed by atoms with van der Waals surface area (Å²) in [7, 11) is 1.64. The first-order chi connectivity index (χ1) is 11.7. The third kappa shape index (κ3) is 3.66. The molecule has 0 atom stereocenters. The summed E-state index contributed by atoms with van der Waals surface area (Å²) in [5.74, 6) is 0.786. The monoisotopic (exact) mass is 321 g/mol. The highest BCUT2D eigenvalue weighted by molar-refractivity contribution is 5.89. The molecule has 122 valence electrons. The van der Waals surface area contributed by atoms with Crippen LogP contribution in [0.4, 0.5) is 10.5 Å². The fraction of sp³-hybridized carbons (Fsp3) is 0.263. The highest BCUT2D eigenvalue weighted by Crippen LogP contribution is 2.31. The van der Waals surface area contributed by atoms with E-state index in [0.717, 1.165) is 24.2 Å². The molecule has 5 nitrogen and oxygen atoms in total. The number of nitriles is 1. The van der Waals surface area contributed by atoms with Gasteiger partial charge in [-0.05, 0) is 43.2 Å². The number of nitrogens with zero attached hydrogens (tertiary/aromatic N) is 2. The maximum atomic E-state index is 12.7. The molecule has 0 bridgehead atoms. The van der Waals surface area contributed by atoms with E-state index in [2.05, 4.69) is 11.4 Å². The molecule has 0 heterocycles. The minimum Gasteiger partial charge on any atom is -0.496 e. The van der Waals surface area contributed by atoms with Crippen LogP contribution in [0.15, 0.2) is 48.5 Å². The van der Waals surface area contributed by atoms with Crippen molar-refractivity contribution in [2.45, 2.75) is 25.4 Å². The zero-order valence-corrected chi connectivity index (χ0v) is 13.5. The Hall–Kier alpha value is -3.00. The summed E-state index contributed by atoms with van der Waals surface area (Å²) in [6.07, 6.45) is 2.05. The van der Waals surface area contributed by atoms with E-state index in [9.17, 15) is 4.79 Å². The Kier molecular flexibility index (Phi) is 4.66. The number of nitrogens with one attached hydrogen (secondary N) is 1. The second kappa shape index (κ2) is 7.05. The van der Waals surface area contributed by atoms with E-state index in [-0.39, 0.29) is 12.1 Å². The molecule has 1 aliphatic carbocycles. The maximum absolute atomic E-state index is 12.7. The zero-order valence-electron chi connectivity index (χ0n) is 13.5. The molecule has 2 aromatic rings. The zero-order chi connectivity index (χ0) is 16.9. The van der Waals surface area contributed by atoms with Crippen LogP contribution < -0.4 is 10.1 Å². The normalized spacial score (nSPS) is 13.0. The Morgan fingerprint density at radius 2 is 1.96 bits per heavy atom. The van der Waals surface area contributed by atoms with Crippen LogP contribution in [-0.4, -0.2) is 24.1 Å². The van der Waals surface area contributed by atoms with Crippen LogP contribution in [0, 0.1) is 11.3 Å². The number of carbonyl (C=O) groups excluding carboxylic acids is 1. The minimum absolute atomic E-state index is 0.131. The number of hydrogen-bond donors (Lipinski definition) is 1. The van der Waals surface area contributed by atoms with E-state index in [4.69, 9.17) is 10.00 Å². The Labute approximate surface area is 141 Å². The molecular formula is C19H19N3O2. The smallest absolute Gasteiger partial charge is 0.322 e. The fourth-order valence-corrected chi connectivity index (χ4v) is 2.59. The molecule has 3 rings (SSSR count). The third-order valence-corrected chi connectivity index (χ3v) is 4.05. The standard InChI is InChI=1S/C19H19N3O2/c1-24-18-5-3-2-4-15(18)13-22(17-10-11-17)19(23)21-16-8-6-14(12-20)7-9-16/h2-9,17H,10-11,13H2,1H3,(H,21,23). The van der Waals surface area contributed by atoms with Gasteiger partial charge in [0.05, 0.1) is 25.3 Å². The Bertz CT molecular complexity index is 761. The van der Waals surface area contributed by atoms with Gasteiger partial charge in [-0.15, -0.1) is 0 Å². The number of para-hydroxylation sites is 1. The summed E-state index contributed by atoms with van der Waals surface area (Å²) in [6.45, 7) is 0.511. The van der Waals surface area contributed by atoms with Crippen molar-refractivity contribution in [3.63, 3.8) is 0 Å². The van der Waals surface area contributed by atoms with Gasteiger partial charge in [-0.2, -0.15) is 5.26 Å². The molecule has 0 aromatic heterocycles. The van der Waals surface area contributed by atoms with Crippen LogP contribution in [0.25, 0.3) is 0 Å². The third-order valence-electron chi connectivity index (χ3n) is 4.05. The molecule has 24 heavy (non-hydrogen) atoms. The molecule has 0 aliphatic heterocycles. The summed E-state index contributed by atoms with van der Waals surface area (Å²) in [5.41, 5.74) is 2.24. The van der Waals surface area contributed by atoms with Gasteiger partial charge in [0.15, 0.2) is 0 Å². The van der Waals surface area contributed by atoms with Crippen LogP contribution in [-0.2, 0) is 6.54 Å². The second-order valence-electron chi connectivity index (χ2n) is 5.79. The summed E-state index contributed by atoms with van der Waals surface area (Å²) >= 11 is 0. The highest BCUT2D eigenvalue weighted by atomic mass is 16.5. The summed E-state index contributed by atoms with van der Waals surface area (Å²) in [6, 6.07) is 16.8. The lowest BCUT2D eigenvalue weighted by Gasteiger charge is -2.24. The molecule has 0 unspecified atom stereocenters. The molecule has 1 aliphatic rings. The van der Waals surface area contributed by atoms with Gasteiger partial charge < -0.3 is 15.0 Å². The van der Waals surface area contributed by atoms with E-state index in [1.807, 2.05) is 29.2 Å². The Balaban J connectivity index is 1.73. The number of hydrogen-bond acceptors (Lipinski definition) is 3. The van der Waals surface area contributed by atoms with Crippen molar-refractivity contribution in [1.29, 1.82) is 5.26 Å². The number of ether oxygens (including phenoxy) is 1. The number of carbonyl (C=O) groups is 1. The summed E-state index contributed by atoms with van der Waals surface area (Å²) < 4.78 is 5.38. The van der Waals surface area contributed by atoms with E-state index in [1.165, 1.54) is 0 Å². The van der Waals surface area contributed by atoms with Gasteiger partial charge in [0, 0.05) is 17.3 Å². The van der Waals surface area contributed by atoms with Gasteiger partial charge in [-0.25, -0.2) is 4.79 Å². The molecule has 1 N–H and O–H groups in total. The number of anilines is 1. The first-order valence-corrected chi connectivity index (χ1v) is 7.91. The highest BCUT2D eigenvalue weighted by Gasteiger charge is 2.33. The molecule has 1 fully saturated rings. The van der Waals surface area contributed by atoms with Crippen molar-refractivity contribution in [3.05, 3.63) is 59.7 Å². The van der Waals surface area contributed by atoms with Crippen molar-refractivity contribution >= 4 is 11.7 Å². The van der Waals surface area contributed by atoms with Crippen molar-refractivity contribution in [2.75, 3.05) is 12.4 Å². The lowest BCUT2D eigenvalue weighted by atomic mass is 10.2. The van der Waals surface area contributed by atoms with E-state index in [1.54, 1.807) is 31.4 Å². The number of methoxy groups -OCH3 is 1. The van der Waals surface area contributed by atoms with Gasteiger partial charge in [0.25, 0.3) is 0 Å². The summed E-state index contributed by atoms with van der Waals surface area (Å²) in [4.78, 5) is 14.5. The number of benzene rings is 2. The van der Waals surface area contributed by atoms with Crippen molar-refractivity contribution in [3.8, 4) is 11.8 Å². The quantitative estimate of drug-likeness (QED) is 0.912.